The lowest BCUT2D eigenvalue weighted by molar-refractivity contribution is -0.144. The topological polar surface area (TPSA) is 26.3 Å². The Bertz CT molecular complexity index is 324. The Hall–Kier alpha value is -0.530. The Morgan fingerprint density at radius 1 is 0.692 bits per heavy atom. The molecule has 0 saturated heterocycles. The minimum Gasteiger partial charge on any atom is -0.466 e. The van der Waals surface area contributed by atoms with Crippen LogP contribution in [-0.4, -0.2) is 12.6 Å². The minimum absolute atomic E-state index is 0.00884. The lowest BCUT2D eigenvalue weighted by Gasteiger charge is -2.16. The van der Waals surface area contributed by atoms with E-state index in [1.807, 2.05) is 0 Å². The zero-order valence-electron chi connectivity index (χ0n) is 18.8. The van der Waals surface area contributed by atoms with E-state index in [1.165, 1.54) is 51.4 Å². The van der Waals surface area contributed by atoms with Crippen LogP contribution >= 0.6 is 0 Å². The van der Waals surface area contributed by atoms with Crippen LogP contribution in [0.5, 0.6) is 0 Å². The molecule has 0 radical (unpaired) electrons. The second kappa shape index (κ2) is 16.6. The summed E-state index contributed by atoms with van der Waals surface area (Å²) in [6.07, 6.45) is 14.7. The maximum absolute atomic E-state index is 11.7. The smallest absolute Gasteiger partial charge is 0.306 e. The first-order chi connectivity index (χ1) is 12.3. The van der Waals surface area contributed by atoms with Gasteiger partial charge >= 0.3 is 5.97 Å². The fourth-order valence-corrected chi connectivity index (χ4v) is 3.57. The number of carbonyl (C=O) groups is 1. The Kier molecular flexibility index (Phi) is 16.3. The zero-order chi connectivity index (χ0) is 19.8. The van der Waals surface area contributed by atoms with Crippen LogP contribution in [-0.2, 0) is 9.53 Å². The molecule has 0 aromatic carbocycles. The second-order valence-electron chi connectivity index (χ2n) is 9.28. The first-order valence-electron chi connectivity index (χ1n) is 11.5. The van der Waals surface area contributed by atoms with Crippen LogP contribution in [0.1, 0.15) is 119 Å². The van der Waals surface area contributed by atoms with Crippen LogP contribution in [0.15, 0.2) is 0 Å². The molecule has 2 nitrogen and oxygen atoms in total. The molecule has 0 aliphatic carbocycles. The van der Waals surface area contributed by atoms with Crippen molar-refractivity contribution in [1.82, 2.24) is 0 Å². The van der Waals surface area contributed by atoms with Gasteiger partial charge in [-0.2, -0.15) is 0 Å². The lowest BCUT2D eigenvalue weighted by atomic mass is 9.91. The standard InChI is InChI=1S/C24H48O2/c1-7-8-18-26-24(25)19-23(6)17-11-16-22(5)15-10-14-21(4)13-9-12-20(2)3/h20-23H,7-19H2,1-6H3. The molecule has 0 heterocycles. The van der Waals surface area contributed by atoms with Gasteiger partial charge in [0.25, 0.3) is 0 Å². The summed E-state index contributed by atoms with van der Waals surface area (Å²) < 4.78 is 5.26. The van der Waals surface area contributed by atoms with Crippen molar-refractivity contribution in [3.8, 4) is 0 Å². The summed E-state index contributed by atoms with van der Waals surface area (Å²) in [5.74, 6) is 3.01. The first kappa shape index (κ1) is 25.5. The van der Waals surface area contributed by atoms with Crippen LogP contribution in [0.3, 0.4) is 0 Å². The third-order valence-electron chi connectivity index (χ3n) is 5.54. The van der Waals surface area contributed by atoms with Crippen LogP contribution in [0, 0.1) is 23.7 Å². The summed E-state index contributed by atoms with van der Waals surface area (Å²) in [7, 11) is 0. The molecule has 0 bridgehead atoms. The van der Waals surface area contributed by atoms with Crippen LogP contribution in [0.25, 0.3) is 0 Å². The number of unbranched alkanes of at least 4 members (excludes halogenated alkanes) is 1. The van der Waals surface area contributed by atoms with E-state index >= 15 is 0 Å². The summed E-state index contributed by atoms with van der Waals surface area (Å²) in [5.41, 5.74) is 0. The number of hydrogen-bond donors (Lipinski definition) is 0. The van der Waals surface area contributed by atoms with E-state index in [4.69, 9.17) is 4.74 Å². The van der Waals surface area contributed by atoms with Crippen LogP contribution < -0.4 is 0 Å². The van der Waals surface area contributed by atoms with Gasteiger partial charge in [-0.3, -0.25) is 4.79 Å². The Morgan fingerprint density at radius 3 is 1.62 bits per heavy atom. The molecule has 0 fully saturated rings. The van der Waals surface area contributed by atoms with Crippen molar-refractivity contribution in [3.63, 3.8) is 0 Å². The molecule has 0 rings (SSSR count). The van der Waals surface area contributed by atoms with Crippen molar-refractivity contribution in [2.45, 2.75) is 119 Å². The normalized spacial score (nSPS) is 15.0. The molecular weight excluding hydrogens is 320 g/mol. The molecule has 0 amide bonds. The lowest BCUT2D eigenvalue weighted by Crippen LogP contribution is -2.10. The molecule has 156 valence electrons. The van der Waals surface area contributed by atoms with Gasteiger partial charge in [-0.25, -0.2) is 0 Å². The largest absolute Gasteiger partial charge is 0.466 e. The average Bonchev–Trinajstić information content (AvgIpc) is 2.54. The number of carbonyl (C=O) groups excluding carboxylic acids is 1. The van der Waals surface area contributed by atoms with E-state index in [2.05, 4.69) is 41.5 Å². The van der Waals surface area contributed by atoms with Crippen molar-refractivity contribution < 1.29 is 9.53 Å². The van der Waals surface area contributed by atoms with E-state index in [0.29, 0.717) is 18.9 Å². The van der Waals surface area contributed by atoms with Crippen molar-refractivity contribution in [2.75, 3.05) is 6.61 Å². The molecule has 3 unspecified atom stereocenters. The summed E-state index contributed by atoms with van der Waals surface area (Å²) >= 11 is 0. The highest BCUT2D eigenvalue weighted by Crippen LogP contribution is 2.22. The maximum Gasteiger partial charge on any atom is 0.306 e. The first-order valence-corrected chi connectivity index (χ1v) is 11.5. The molecule has 2 heteroatoms. The van der Waals surface area contributed by atoms with E-state index < -0.39 is 0 Å². The number of esters is 1. The van der Waals surface area contributed by atoms with Gasteiger partial charge in [0.1, 0.15) is 0 Å². The fourth-order valence-electron chi connectivity index (χ4n) is 3.57. The fraction of sp³-hybridized carbons (Fsp3) is 0.958. The Labute approximate surface area is 164 Å². The molecule has 0 aromatic heterocycles. The molecular formula is C24H48O2. The number of rotatable bonds is 17. The molecule has 0 aliphatic heterocycles. The molecule has 0 saturated carbocycles. The molecule has 0 aromatic rings. The quantitative estimate of drug-likeness (QED) is 0.193. The van der Waals surface area contributed by atoms with Gasteiger partial charge in [0, 0.05) is 6.42 Å². The molecule has 0 aliphatic rings. The summed E-state index contributed by atoms with van der Waals surface area (Å²) in [6.45, 7) is 14.4. The summed E-state index contributed by atoms with van der Waals surface area (Å²) in [6, 6.07) is 0. The molecule has 0 N–H and O–H groups in total. The van der Waals surface area contributed by atoms with Gasteiger partial charge in [0.15, 0.2) is 0 Å². The summed E-state index contributed by atoms with van der Waals surface area (Å²) in [4.78, 5) is 11.7. The average molecular weight is 369 g/mol. The van der Waals surface area contributed by atoms with E-state index in [9.17, 15) is 4.79 Å². The van der Waals surface area contributed by atoms with Crippen LogP contribution in [0.4, 0.5) is 0 Å². The van der Waals surface area contributed by atoms with Gasteiger partial charge in [-0.1, -0.05) is 106 Å². The summed E-state index contributed by atoms with van der Waals surface area (Å²) in [5, 5.41) is 0. The van der Waals surface area contributed by atoms with Crippen molar-refractivity contribution in [2.24, 2.45) is 23.7 Å². The Balaban J connectivity index is 3.60. The monoisotopic (exact) mass is 368 g/mol. The van der Waals surface area contributed by atoms with Crippen molar-refractivity contribution in [1.29, 1.82) is 0 Å². The Morgan fingerprint density at radius 2 is 1.15 bits per heavy atom. The highest BCUT2D eigenvalue weighted by molar-refractivity contribution is 5.69. The minimum atomic E-state index is -0.00884. The molecule has 0 spiro atoms. The predicted molar refractivity (Wildman–Crippen MR) is 114 cm³/mol. The van der Waals surface area contributed by atoms with Gasteiger partial charge in [0.2, 0.25) is 0 Å². The van der Waals surface area contributed by atoms with E-state index in [0.717, 1.165) is 37.0 Å². The molecule has 26 heavy (non-hydrogen) atoms. The third-order valence-corrected chi connectivity index (χ3v) is 5.54. The van der Waals surface area contributed by atoms with E-state index in [-0.39, 0.29) is 5.97 Å². The highest BCUT2D eigenvalue weighted by Gasteiger charge is 2.11. The van der Waals surface area contributed by atoms with Crippen molar-refractivity contribution in [3.05, 3.63) is 0 Å². The van der Waals surface area contributed by atoms with Crippen molar-refractivity contribution >= 4 is 5.97 Å². The highest BCUT2D eigenvalue weighted by atomic mass is 16.5. The van der Waals surface area contributed by atoms with E-state index in [1.54, 1.807) is 0 Å². The maximum atomic E-state index is 11.7. The second-order valence-corrected chi connectivity index (χ2v) is 9.28. The molecule has 3 atom stereocenters. The SMILES string of the molecule is CCCCOC(=O)CC(C)CCCC(C)CCCC(C)CCCC(C)C. The number of hydrogen-bond acceptors (Lipinski definition) is 2. The van der Waals surface area contributed by atoms with Gasteiger partial charge in [-0.15, -0.1) is 0 Å². The zero-order valence-corrected chi connectivity index (χ0v) is 18.8. The number of ether oxygens (including phenoxy) is 1. The van der Waals surface area contributed by atoms with Gasteiger partial charge < -0.3 is 4.74 Å². The van der Waals surface area contributed by atoms with Crippen LogP contribution in [0.2, 0.25) is 0 Å². The predicted octanol–water partition coefficient (Wildman–Crippen LogP) is 7.80. The van der Waals surface area contributed by atoms with Gasteiger partial charge in [0.05, 0.1) is 6.61 Å². The third kappa shape index (κ3) is 16.9. The van der Waals surface area contributed by atoms with Gasteiger partial charge in [-0.05, 0) is 30.1 Å².